The predicted molar refractivity (Wildman–Crippen MR) is 112 cm³/mol. The number of rotatable bonds is 6. The van der Waals surface area contributed by atoms with Gasteiger partial charge in [-0.25, -0.2) is 18.6 Å². The minimum Gasteiger partial charge on any atom is -0.391 e. The first kappa shape index (κ1) is 22.5. The molecule has 1 saturated heterocycles. The number of β-amino-alcohol motifs (C(OH)–C–C–N with tert-alkyl or cyclic N) is 1. The Morgan fingerprint density at radius 1 is 1.52 bits per heavy atom. The number of amides is 1. The molecule has 31 heavy (non-hydrogen) atoms. The highest BCUT2D eigenvalue weighted by atomic mass is 32.2. The number of nitrogens with two attached hydrogens (primary N) is 1. The molecule has 1 aliphatic heterocycles. The number of pyridine rings is 1. The van der Waals surface area contributed by atoms with Gasteiger partial charge in [0.05, 0.1) is 18.2 Å². The summed E-state index contributed by atoms with van der Waals surface area (Å²) in [6, 6.07) is 5.22. The van der Waals surface area contributed by atoms with Gasteiger partial charge in [-0.1, -0.05) is 24.8 Å². The molecule has 1 amide bonds. The second kappa shape index (κ2) is 9.29. The van der Waals surface area contributed by atoms with Crippen LogP contribution in [0.1, 0.15) is 35.3 Å². The lowest BCUT2D eigenvalue weighted by Gasteiger charge is -2.23. The molecule has 0 bridgehead atoms. The molecule has 1 aliphatic rings. The van der Waals surface area contributed by atoms with Gasteiger partial charge in [0.2, 0.25) is 11.6 Å². The Kier molecular flexibility index (Phi) is 6.74. The predicted octanol–water partition coefficient (Wildman–Crippen LogP) is 3.23. The molecule has 1 aromatic heterocycles. The number of aromatic nitrogens is 1. The molecule has 0 saturated carbocycles. The number of thioether (sulfide) groups is 1. The van der Waals surface area contributed by atoms with Gasteiger partial charge in [0, 0.05) is 18.7 Å². The molecule has 2 aromatic rings. The zero-order valence-corrected chi connectivity index (χ0v) is 17.4. The summed E-state index contributed by atoms with van der Waals surface area (Å²) in [5, 5.41) is 18.2. The monoisotopic (exact) mass is 443 g/mol. The van der Waals surface area contributed by atoms with Gasteiger partial charge in [-0.05, 0) is 30.5 Å². The molecule has 1 unspecified atom stereocenters. The van der Waals surface area contributed by atoms with E-state index in [0.29, 0.717) is 36.7 Å². The Bertz CT molecular complexity index is 1090. The molecule has 0 radical (unpaired) electrons. The summed E-state index contributed by atoms with van der Waals surface area (Å²) >= 11 is 0.672. The zero-order chi connectivity index (χ0) is 22.7. The number of aliphatic hydroxyl groups is 1. The van der Waals surface area contributed by atoms with Crippen LogP contribution in [0.4, 0.5) is 20.3 Å². The second-order valence-corrected chi connectivity index (χ2v) is 8.04. The van der Waals surface area contributed by atoms with Crippen LogP contribution < -0.4 is 10.6 Å². The van der Waals surface area contributed by atoms with Crippen molar-refractivity contribution in [3.8, 4) is 6.07 Å². The van der Waals surface area contributed by atoms with Crippen LogP contribution in [-0.2, 0) is 11.2 Å². The minimum atomic E-state index is -1.47. The third-order valence-electron chi connectivity index (χ3n) is 5.01. The van der Waals surface area contributed by atoms with Crippen molar-refractivity contribution in [1.82, 2.24) is 4.98 Å². The van der Waals surface area contributed by atoms with Gasteiger partial charge in [-0.15, -0.1) is 0 Å². The molecular formula is C21H19F2N5O2S. The van der Waals surface area contributed by atoms with Crippen molar-refractivity contribution in [3.05, 3.63) is 57.9 Å². The normalized spacial score (nSPS) is 16.6. The number of benzene rings is 1. The summed E-state index contributed by atoms with van der Waals surface area (Å²) in [6.45, 7) is 10.1. The summed E-state index contributed by atoms with van der Waals surface area (Å²) in [4.78, 5) is 21.9. The van der Waals surface area contributed by atoms with E-state index in [2.05, 4.69) is 9.83 Å². The number of primary amides is 1. The molecule has 0 spiro atoms. The number of hydrogen-bond donors (Lipinski definition) is 2. The maximum Gasteiger partial charge on any atom is 0.235 e. The van der Waals surface area contributed by atoms with Crippen LogP contribution in [0.3, 0.4) is 0 Å². The molecule has 1 fully saturated rings. The fourth-order valence-corrected chi connectivity index (χ4v) is 4.64. The lowest BCUT2D eigenvalue weighted by atomic mass is 10.1. The van der Waals surface area contributed by atoms with Gasteiger partial charge >= 0.3 is 0 Å². The standard InChI is InChI=1S/C21H19F2N5O2S/c1-3-12-13(9-24)21(27-20(17(12)26-2)28-8-7-11(29)10-28)31-18(19(25)30)16-14(22)5-4-6-15(16)23/h4-6,11,18,29H,3,7-8,10H2,1H3,(H2,25,30)/t11-,18?/m0/s1. The molecule has 10 heteroatoms. The quantitative estimate of drug-likeness (QED) is 0.524. The third kappa shape index (κ3) is 4.31. The van der Waals surface area contributed by atoms with E-state index in [1.807, 2.05) is 6.07 Å². The molecular weight excluding hydrogens is 424 g/mol. The fourth-order valence-electron chi connectivity index (χ4n) is 3.54. The molecule has 2 atom stereocenters. The molecule has 3 rings (SSSR count). The lowest BCUT2D eigenvalue weighted by Crippen LogP contribution is -2.24. The lowest BCUT2D eigenvalue weighted by molar-refractivity contribution is -0.117. The molecule has 3 N–H and O–H groups in total. The van der Waals surface area contributed by atoms with E-state index in [9.17, 15) is 23.9 Å². The van der Waals surface area contributed by atoms with Crippen molar-refractivity contribution >= 4 is 29.2 Å². The first-order chi connectivity index (χ1) is 14.8. The van der Waals surface area contributed by atoms with Gasteiger partial charge in [0.15, 0.2) is 0 Å². The summed E-state index contributed by atoms with van der Waals surface area (Å²) in [5.41, 5.74) is 5.60. The maximum atomic E-state index is 14.4. The highest BCUT2D eigenvalue weighted by Crippen LogP contribution is 2.44. The smallest absolute Gasteiger partial charge is 0.235 e. The van der Waals surface area contributed by atoms with E-state index >= 15 is 0 Å². The first-order valence-electron chi connectivity index (χ1n) is 9.49. The van der Waals surface area contributed by atoms with E-state index in [0.717, 1.165) is 12.1 Å². The Morgan fingerprint density at radius 2 is 2.19 bits per heavy atom. The average Bonchev–Trinajstić information content (AvgIpc) is 3.17. The number of nitrogens with zero attached hydrogens (tertiary/aromatic N) is 4. The summed E-state index contributed by atoms with van der Waals surface area (Å²) in [6.07, 6.45) is 0.242. The zero-order valence-electron chi connectivity index (χ0n) is 16.6. The number of nitriles is 1. The molecule has 7 nitrogen and oxygen atoms in total. The Morgan fingerprint density at radius 3 is 2.68 bits per heavy atom. The van der Waals surface area contributed by atoms with Gasteiger partial charge in [-0.2, -0.15) is 5.26 Å². The number of halogens is 2. The van der Waals surface area contributed by atoms with Crippen molar-refractivity contribution in [2.75, 3.05) is 18.0 Å². The number of anilines is 1. The van der Waals surface area contributed by atoms with Gasteiger partial charge in [-0.3, -0.25) is 4.79 Å². The van der Waals surface area contributed by atoms with Crippen LogP contribution in [0, 0.1) is 29.5 Å². The average molecular weight is 443 g/mol. The van der Waals surface area contributed by atoms with E-state index in [1.165, 1.54) is 6.07 Å². The van der Waals surface area contributed by atoms with Crippen LogP contribution in [0.5, 0.6) is 0 Å². The molecule has 160 valence electrons. The van der Waals surface area contributed by atoms with E-state index in [4.69, 9.17) is 12.3 Å². The SMILES string of the molecule is [C-]#[N+]c1c(N2CC[C@H](O)C2)nc(SC(C(N)=O)c2c(F)cccc2F)c(C#N)c1CC. The van der Waals surface area contributed by atoms with Crippen molar-refractivity contribution in [3.63, 3.8) is 0 Å². The van der Waals surface area contributed by atoms with Crippen LogP contribution in [0.2, 0.25) is 0 Å². The van der Waals surface area contributed by atoms with E-state index in [1.54, 1.807) is 11.8 Å². The van der Waals surface area contributed by atoms with Gasteiger partial charge in [0.1, 0.15) is 33.8 Å². The van der Waals surface area contributed by atoms with Crippen LogP contribution in [0.15, 0.2) is 23.2 Å². The van der Waals surface area contributed by atoms with Crippen molar-refractivity contribution in [2.45, 2.75) is 36.1 Å². The highest BCUT2D eigenvalue weighted by molar-refractivity contribution is 8.00. The maximum absolute atomic E-state index is 14.4. The van der Waals surface area contributed by atoms with Crippen LogP contribution in [0.25, 0.3) is 4.85 Å². The Labute approximate surface area is 182 Å². The topological polar surface area (TPSA) is 108 Å². The van der Waals surface area contributed by atoms with E-state index in [-0.39, 0.29) is 28.6 Å². The van der Waals surface area contributed by atoms with Crippen molar-refractivity contribution < 1.29 is 18.7 Å². The van der Waals surface area contributed by atoms with Crippen LogP contribution >= 0.6 is 11.8 Å². The van der Waals surface area contributed by atoms with Crippen LogP contribution in [-0.4, -0.2) is 35.2 Å². The fraction of sp³-hybridized carbons (Fsp3) is 0.333. The van der Waals surface area contributed by atoms with Crippen molar-refractivity contribution in [2.24, 2.45) is 5.73 Å². The number of carbonyl (C=O) groups is 1. The Hall–Kier alpha value is -3.21. The minimum absolute atomic E-state index is 0.0505. The van der Waals surface area contributed by atoms with Crippen molar-refractivity contribution in [1.29, 1.82) is 5.26 Å². The second-order valence-electron chi connectivity index (χ2n) is 6.94. The number of aliphatic hydroxyl groups excluding tert-OH is 1. The number of hydrogen-bond acceptors (Lipinski definition) is 6. The summed E-state index contributed by atoms with van der Waals surface area (Å²) < 4.78 is 28.7. The Balaban J connectivity index is 2.18. The summed E-state index contributed by atoms with van der Waals surface area (Å²) in [7, 11) is 0. The van der Waals surface area contributed by atoms with Gasteiger partial charge in [0.25, 0.3) is 0 Å². The first-order valence-corrected chi connectivity index (χ1v) is 10.4. The summed E-state index contributed by atoms with van der Waals surface area (Å²) in [5.74, 6) is -2.61. The number of carbonyl (C=O) groups excluding carboxylic acids is 1. The third-order valence-corrected chi connectivity index (χ3v) is 6.23. The molecule has 0 aliphatic carbocycles. The molecule has 2 heterocycles. The molecule has 1 aromatic carbocycles. The van der Waals surface area contributed by atoms with Gasteiger partial charge < -0.3 is 15.7 Å². The highest BCUT2D eigenvalue weighted by Gasteiger charge is 2.32. The van der Waals surface area contributed by atoms with E-state index < -0.39 is 34.5 Å². The largest absolute Gasteiger partial charge is 0.391 e.